The van der Waals surface area contributed by atoms with Gasteiger partial charge in [0.05, 0.1) is 12.8 Å². The van der Waals surface area contributed by atoms with Crippen LogP contribution in [0.3, 0.4) is 0 Å². The Kier molecular flexibility index (Phi) is 5.22. The van der Waals surface area contributed by atoms with Gasteiger partial charge >= 0.3 is 5.97 Å². The molecule has 0 fully saturated rings. The van der Waals surface area contributed by atoms with Crippen molar-refractivity contribution in [1.29, 1.82) is 0 Å². The largest absolute Gasteiger partial charge is 0.465 e. The average molecular weight is 341 g/mol. The van der Waals surface area contributed by atoms with Gasteiger partial charge in [0.2, 0.25) is 10.0 Å². The van der Waals surface area contributed by atoms with Gasteiger partial charge < -0.3 is 4.74 Å². The Morgan fingerprint density at radius 2 is 2.18 bits per heavy atom. The van der Waals surface area contributed by atoms with Crippen LogP contribution in [0, 0.1) is 6.92 Å². The van der Waals surface area contributed by atoms with Crippen molar-refractivity contribution < 1.29 is 17.9 Å². The standard InChI is InChI=1S/C13H15N3O4S2/c1-9-8-21-11(13(17)20-2)12(9)22(18,19)16-4-3-10-7-14-5-6-15-10/h5-8,16H,3-4H2,1-2H3. The Bertz CT molecular complexity index is 757. The Labute approximate surface area is 132 Å². The molecule has 0 spiro atoms. The zero-order valence-corrected chi connectivity index (χ0v) is 13.7. The predicted octanol–water partition coefficient (Wildman–Crippen LogP) is 1.15. The summed E-state index contributed by atoms with van der Waals surface area (Å²) < 4.78 is 31.9. The lowest BCUT2D eigenvalue weighted by Gasteiger charge is -2.08. The molecule has 0 bridgehead atoms. The molecule has 2 aromatic heterocycles. The fourth-order valence-electron chi connectivity index (χ4n) is 1.85. The van der Waals surface area contributed by atoms with E-state index in [0.29, 0.717) is 17.7 Å². The van der Waals surface area contributed by atoms with Crippen LogP contribution >= 0.6 is 11.3 Å². The van der Waals surface area contributed by atoms with Gasteiger partial charge in [-0.3, -0.25) is 9.97 Å². The molecule has 0 atom stereocenters. The molecule has 118 valence electrons. The number of rotatable bonds is 6. The summed E-state index contributed by atoms with van der Waals surface area (Å²) in [5.41, 5.74) is 1.19. The normalized spacial score (nSPS) is 11.4. The lowest BCUT2D eigenvalue weighted by Crippen LogP contribution is -2.27. The monoisotopic (exact) mass is 341 g/mol. The number of nitrogens with one attached hydrogen (secondary N) is 1. The molecule has 0 aromatic carbocycles. The van der Waals surface area contributed by atoms with Crippen LogP contribution in [0.25, 0.3) is 0 Å². The van der Waals surface area contributed by atoms with Crippen LogP contribution < -0.4 is 4.72 Å². The number of ether oxygens (including phenoxy) is 1. The van der Waals surface area contributed by atoms with Crippen LogP contribution in [0.2, 0.25) is 0 Å². The Balaban J connectivity index is 2.14. The quantitative estimate of drug-likeness (QED) is 0.792. The van der Waals surface area contributed by atoms with Crippen LogP contribution in [0.4, 0.5) is 0 Å². The topological polar surface area (TPSA) is 98.2 Å². The number of sulfonamides is 1. The molecule has 9 heteroatoms. The molecule has 0 saturated heterocycles. The van der Waals surface area contributed by atoms with Crippen molar-refractivity contribution in [3.05, 3.63) is 40.1 Å². The minimum atomic E-state index is -3.79. The van der Waals surface area contributed by atoms with Gasteiger partial charge in [-0.1, -0.05) is 0 Å². The molecular weight excluding hydrogens is 326 g/mol. The first-order valence-corrected chi connectivity index (χ1v) is 8.73. The summed E-state index contributed by atoms with van der Waals surface area (Å²) in [7, 11) is -2.57. The van der Waals surface area contributed by atoms with Crippen molar-refractivity contribution in [1.82, 2.24) is 14.7 Å². The van der Waals surface area contributed by atoms with Crippen LogP contribution in [0.1, 0.15) is 20.9 Å². The fraction of sp³-hybridized carbons (Fsp3) is 0.308. The number of carbonyl (C=O) groups excluding carboxylic acids is 1. The highest BCUT2D eigenvalue weighted by Crippen LogP contribution is 2.27. The second-order valence-corrected chi connectivity index (χ2v) is 7.00. The van der Waals surface area contributed by atoms with Crippen LogP contribution in [0.15, 0.2) is 28.9 Å². The van der Waals surface area contributed by atoms with Gasteiger partial charge in [0.25, 0.3) is 0 Å². The predicted molar refractivity (Wildman–Crippen MR) is 81.3 cm³/mol. The molecule has 0 saturated carbocycles. The van der Waals surface area contributed by atoms with Crippen molar-refractivity contribution in [3.8, 4) is 0 Å². The molecule has 0 radical (unpaired) electrons. The van der Waals surface area contributed by atoms with Crippen LogP contribution in [-0.4, -0.2) is 38.0 Å². The second kappa shape index (κ2) is 6.95. The van der Waals surface area contributed by atoms with Gasteiger partial charge in [0.1, 0.15) is 9.77 Å². The highest BCUT2D eigenvalue weighted by molar-refractivity contribution is 7.89. The van der Waals surface area contributed by atoms with Gasteiger partial charge in [-0.2, -0.15) is 0 Å². The van der Waals surface area contributed by atoms with E-state index in [-0.39, 0.29) is 16.3 Å². The number of carbonyl (C=O) groups is 1. The lowest BCUT2D eigenvalue weighted by atomic mass is 10.3. The first-order valence-electron chi connectivity index (χ1n) is 6.36. The molecular formula is C13H15N3O4S2. The van der Waals surface area contributed by atoms with E-state index >= 15 is 0 Å². The molecule has 0 amide bonds. The first kappa shape index (κ1) is 16.5. The van der Waals surface area contributed by atoms with E-state index in [0.717, 1.165) is 11.3 Å². The van der Waals surface area contributed by atoms with E-state index in [4.69, 9.17) is 0 Å². The van der Waals surface area contributed by atoms with E-state index in [1.807, 2.05) is 0 Å². The first-order chi connectivity index (χ1) is 10.5. The zero-order chi connectivity index (χ0) is 16.2. The Hall–Kier alpha value is -1.84. The number of hydrogen-bond acceptors (Lipinski definition) is 7. The summed E-state index contributed by atoms with van der Waals surface area (Å²) >= 11 is 1.05. The molecule has 2 heterocycles. The van der Waals surface area contributed by atoms with E-state index in [1.54, 1.807) is 30.9 Å². The van der Waals surface area contributed by atoms with Gasteiger partial charge in [-0.15, -0.1) is 11.3 Å². The molecule has 0 aliphatic carbocycles. The molecule has 2 rings (SSSR count). The van der Waals surface area contributed by atoms with Gasteiger partial charge in [0, 0.05) is 31.6 Å². The van der Waals surface area contributed by atoms with Crippen molar-refractivity contribution in [2.24, 2.45) is 0 Å². The highest BCUT2D eigenvalue weighted by Gasteiger charge is 2.27. The lowest BCUT2D eigenvalue weighted by molar-refractivity contribution is 0.0602. The van der Waals surface area contributed by atoms with E-state index in [1.165, 1.54) is 7.11 Å². The summed E-state index contributed by atoms with van der Waals surface area (Å²) in [6.45, 7) is 1.80. The van der Waals surface area contributed by atoms with Crippen LogP contribution in [0.5, 0.6) is 0 Å². The average Bonchev–Trinajstić information content (AvgIpc) is 2.90. The third kappa shape index (κ3) is 3.67. The molecule has 0 unspecified atom stereocenters. The fourth-order valence-corrected chi connectivity index (χ4v) is 4.58. The molecule has 7 nitrogen and oxygen atoms in total. The molecule has 0 aliphatic rings. The Morgan fingerprint density at radius 3 is 2.82 bits per heavy atom. The summed E-state index contributed by atoms with van der Waals surface area (Å²) in [5.74, 6) is -0.660. The number of aryl methyl sites for hydroxylation is 1. The summed E-state index contributed by atoms with van der Waals surface area (Å²) in [4.78, 5) is 19.7. The number of thiophene rings is 1. The third-order valence-corrected chi connectivity index (χ3v) is 5.70. The molecule has 1 N–H and O–H groups in total. The van der Waals surface area contributed by atoms with E-state index in [2.05, 4.69) is 19.4 Å². The zero-order valence-electron chi connectivity index (χ0n) is 12.1. The third-order valence-electron chi connectivity index (χ3n) is 2.85. The highest BCUT2D eigenvalue weighted by atomic mass is 32.2. The number of methoxy groups -OCH3 is 1. The second-order valence-electron chi connectivity index (χ2n) is 4.41. The van der Waals surface area contributed by atoms with Crippen molar-refractivity contribution >= 4 is 27.3 Å². The number of nitrogens with zero attached hydrogens (tertiary/aromatic N) is 2. The Morgan fingerprint density at radius 1 is 1.41 bits per heavy atom. The minimum absolute atomic E-state index is 0.0245. The van der Waals surface area contributed by atoms with E-state index in [9.17, 15) is 13.2 Å². The van der Waals surface area contributed by atoms with Gasteiger partial charge in [-0.05, 0) is 17.9 Å². The smallest absolute Gasteiger partial charge is 0.349 e. The maximum absolute atomic E-state index is 12.4. The number of hydrogen-bond donors (Lipinski definition) is 1. The van der Waals surface area contributed by atoms with Crippen molar-refractivity contribution in [2.75, 3.05) is 13.7 Å². The summed E-state index contributed by atoms with van der Waals surface area (Å²) in [6, 6.07) is 0. The molecule has 0 aliphatic heterocycles. The maximum Gasteiger partial charge on any atom is 0.349 e. The van der Waals surface area contributed by atoms with E-state index < -0.39 is 16.0 Å². The van der Waals surface area contributed by atoms with Crippen LogP contribution in [-0.2, 0) is 21.2 Å². The van der Waals surface area contributed by atoms with Gasteiger partial charge in [0.15, 0.2) is 0 Å². The summed E-state index contributed by atoms with van der Waals surface area (Å²) in [5, 5.41) is 1.61. The molecule has 22 heavy (non-hydrogen) atoms. The minimum Gasteiger partial charge on any atom is -0.465 e. The molecule has 2 aromatic rings. The number of aromatic nitrogens is 2. The maximum atomic E-state index is 12.4. The van der Waals surface area contributed by atoms with Gasteiger partial charge in [-0.25, -0.2) is 17.9 Å². The number of esters is 1. The SMILES string of the molecule is COC(=O)c1scc(C)c1S(=O)(=O)NCCc1cnccn1. The van der Waals surface area contributed by atoms with Crippen molar-refractivity contribution in [3.63, 3.8) is 0 Å². The van der Waals surface area contributed by atoms with Crippen molar-refractivity contribution in [2.45, 2.75) is 18.2 Å². The summed E-state index contributed by atoms with van der Waals surface area (Å²) in [6.07, 6.45) is 5.07.